The van der Waals surface area contributed by atoms with E-state index in [9.17, 15) is 0 Å². The molecule has 0 aliphatic carbocycles. The van der Waals surface area contributed by atoms with E-state index in [0.717, 1.165) is 22.3 Å². The number of ether oxygens (including phenoxy) is 2. The molecule has 0 saturated carbocycles. The van der Waals surface area contributed by atoms with Crippen molar-refractivity contribution in [3.05, 3.63) is 144 Å². The first-order valence-electron chi connectivity index (χ1n) is 13.4. The van der Waals surface area contributed by atoms with E-state index in [-0.39, 0.29) is 0 Å². The summed E-state index contributed by atoms with van der Waals surface area (Å²) in [5.74, 6) is 0. The third kappa shape index (κ3) is 3.83. The fraction of sp³-hybridized carbons (Fsp3) is 0.118. The lowest BCUT2D eigenvalue weighted by Gasteiger charge is -2.31. The molecule has 0 bridgehead atoms. The summed E-state index contributed by atoms with van der Waals surface area (Å²) >= 11 is 0. The van der Waals surface area contributed by atoms with Gasteiger partial charge in [-0.2, -0.15) is 0 Å². The maximum absolute atomic E-state index is 16.1. The molecule has 7 rings (SSSR count). The average Bonchev–Trinajstić information content (AvgIpc) is 3.71. The normalized spacial score (nSPS) is 14.6. The van der Waals surface area contributed by atoms with Gasteiger partial charge in [-0.25, -0.2) is 0 Å². The maximum atomic E-state index is 16.1. The van der Waals surface area contributed by atoms with Gasteiger partial charge in [0, 0.05) is 31.8 Å². The smallest absolute Gasteiger partial charge is 0.172 e. The van der Waals surface area contributed by atoms with E-state index in [4.69, 9.17) is 9.47 Å². The molecular weight excluding hydrogens is 534 g/mol. The molecule has 5 aromatic carbocycles. The van der Waals surface area contributed by atoms with Crippen LogP contribution in [0.25, 0.3) is 0 Å². The van der Waals surface area contributed by atoms with Crippen molar-refractivity contribution in [3.8, 4) is 0 Å². The van der Waals surface area contributed by atoms with Gasteiger partial charge in [0.1, 0.15) is 0 Å². The van der Waals surface area contributed by atoms with Crippen molar-refractivity contribution in [2.24, 2.45) is 0 Å². The first-order chi connectivity index (χ1) is 19.6. The van der Waals surface area contributed by atoms with Crippen molar-refractivity contribution in [2.75, 3.05) is 0 Å². The monoisotopic (exact) mass is 562 g/mol. The van der Waals surface area contributed by atoms with Crippen LogP contribution in [0.2, 0.25) is 0 Å². The fourth-order valence-electron chi connectivity index (χ4n) is 6.15. The zero-order valence-electron chi connectivity index (χ0n) is 21.9. The van der Waals surface area contributed by atoms with Gasteiger partial charge in [0.25, 0.3) is 0 Å². The molecule has 40 heavy (non-hydrogen) atoms. The van der Waals surface area contributed by atoms with E-state index >= 15 is 9.13 Å². The van der Waals surface area contributed by atoms with Crippen LogP contribution in [-0.4, -0.2) is 0 Å². The lowest BCUT2D eigenvalue weighted by molar-refractivity contribution is 0.127. The quantitative estimate of drug-likeness (QED) is 0.273. The molecule has 2 aliphatic heterocycles. The van der Waals surface area contributed by atoms with E-state index < -0.39 is 14.3 Å². The van der Waals surface area contributed by atoms with E-state index in [1.54, 1.807) is 0 Å². The summed E-state index contributed by atoms with van der Waals surface area (Å²) in [6.45, 7) is 1.49. The van der Waals surface area contributed by atoms with Gasteiger partial charge in [-0.3, -0.25) is 0 Å². The minimum absolute atomic E-state index is 0.318. The summed E-state index contributed by atoms with van der Waals surface area (Å²) in [5.41, 5.74) is 3.85. The molecule has 0 saturated heterocycles. The van der Waals surface area contributed by atoms with Crippen LogP contribution in [0.15, 0.2) is 121 Å². The van der Waals surface area contributed by atoms with Gasteiger partial charge in [-0.1, -0.05) is 121 Å². The Hall–Kier alpha value is -3.52. The summed E-state index contributed by atoms with van der Waals surface area (Å²) < 4.78 is 44.3. The summed E-state index contributed by atoms with van der Waals surface area (Å²) in [6.07, 6.45) is 0. The first-order valence-corrected chi connectivity index (χ1v) is 16.8. The topological polar surface area (TPSA) is 52.6 Å². The van der Waals surface area contributed by atoms with Crippen LogP contribution in [0.4, 0.5) is 0 Å². The summed E-state index contributed by atoms with van der Waals surface area (Å²) in [7, 11) is -7.06. The van der Waals surface area contributed by atoms with Crippen LogP contribution in [0.5, 0.6) is 0 Å². The number of rotatable bonds is 6. The highest BCUT2D eigenvalue weighted by molar-refractivity contribution is 7.91. The Kier molecular flexibility index (Phi) is 6.45. The Labute approximate surface area is 234 Å². The van der Waals surface area contributed by atoms with Crippen LogP contribution >= 0.6 is 14.3 Å². The van der Waals surface area contributed by atoms with Crippen molar-refractivity contribution in [1.29, 1.82) is 0 Å². The average molecular weight is 563 g/mol. The van der Waals surface area contributed by atoms with Crippen LogP contribution in [0, 0.1) is 0 Å². The molecule has 2 aliphatic rings. The molecule has 0 aromatic heterocycles. The Bertz CT molecular complexity index is 1570. The predicted octanol–water partition coefficient (Wildman–Crippen LogP) is 5.03. The molecule has 0 N–H and O–H groups in total. The number of hydrogen-bond acceptors (Lipinski definition) is 4. The summed E-state index contributed by atoms with van der Waals surface area (Å²) in [6, 6.07) is 38.6. The second-order valence-electron chi connectivity index (χ2n) is 10.2. The minimum Gasteiger partial charge on any atom is -0.372 e. The lowest BCUT2D eigenvalue weighted by Crippen LogP contribution is -2.43. The van der Waals surface area contributed by atoms with Gasteiger partial charge in [0.2, 0.25) is 0 Å². The van der Waals surface area contributed by atoms with E-state index in [0.29, 0.717) is 58.3 Å². The molecule has 0 amide bonds. The lowest BCUT2D eigenvalue weighted by atomic mass is 9.99. The van der Waals surface area contributed by atoms with Crippen molar-refractivity contribution < 1.29 is 18.6 Å². The predicted molar refractivity (Wildman–Crippen MR) is 162 cm³/mol. The maximum Gasteiger partial charge on any atom is 0.172 e. The zero-order valence-corrected chi connectivity index (χ0v) is 23.7. The highest BCUT2D eigenvalue weighted by atomic mass is 31.2. The minimum atomic E-state index is -3.53. The summed E-state index contributed by atoms with van der Waals surface area (Å²) in [4.78, 5) is 0. The van der Waals surface area contributed by atoms with Gasteiger partial charge in [-0.15, -0.1) is 0 Å². The Morgan fingerprint density at radius 3 is 0.900 bits per heavy atom. The second-order valence-corrected chi connectivity index (χ2v) is 15.6. The molecule has 0 radical (unpaired) electrons. The van der Waals surface area contributed by atoms with Crippen LogP contribution < -0.4 is 31.8 Å². The third-order valence-corrected chi connectivity index (χ3v) is 14.5. The number of hydrogen-bond donors (Lipinski definition) is 0. The van der Waals surface area contributed by atoms with E-state index in [1.807, 2.05) is 121 Å². The van der Waals surface area contributed by atoms with Gasteiger partial charge in [-0.05, 0) is 22.3 Å². The third-order valence-electron chi connectivity index (χ3n) is 7.98. The van der Waals surface area contributed by atoms with Gasteiger partial charge in [0.15, 0.2) is 14.3 Å². The molecule has 0 unspecified atom stereocenters. The zero-order chi connectivity index (χ0) is 27.2. The van der Waals surface area contributed by atoms with E-state index in [1.165, 1.54) is 0 Å². The van der Waals surface area contributed by atoms with Crippen molar-refractivity contribution >= 4 is 46.1 Å². The molecule has 6 heteroatoms. The van der Waals surface area contributed by atoms with Crippen molar-refractivity contribution in [2.45, 2.75) is 26.4 Å². The molecule has 4 nitrogen and oxygen atoms in total. The Morgan fingerprint density at radius 2 is 0.625 bits per heavy atom. The SMILES string of the molecule is O=P(c1ccccc1)(c1ccccc1)c1c2c(c3c(c1P(=O)(c1ccccc1)c1ccccc1)COC3)COC2. The molecule has 0 atom stereocenters. The number of fused-ring (bicyclic) bond motifs is 3. The van der Waals surface area contributed by atoms with Gasteiger partial charge in [0.05, 0.1) is 26.4 Å². The van der Waals surface area contributed by atoms with Gasteiger partial charge < -0.3 is 18.6 Å². The van der Waals surface area contributed by atoms with E-state index in [2.05, 4.69) is 0 Å². The molecule has 198 valence electrons. The van der Waals surface area contributed by atoms with Crippen molar-refractivity contribution in [3.63, 3.8) is 0 Å². The molecule has 5 aromatic rings. The fourth-order valence-corrected chi connectivity index (χ4v) is 13.0. The largest absolute Gasteiger partial charge is 0.372 e. The van der Waals surface area contributed by atoms with Crippen LogP contribution in [0.3, 0.4) is 0 Å². The first kappa shape index (κ1) is 25.4. The standard InChI is InChI=1S/C34H28O4P2/c35-39(25-13-5-1-6-14-25,26-15-7-2-8-16-26)33-31-23-37-21-29(31)30-22-38-24-32(30)34(33)40(36,27-17-9-3-10-18-27)28-19-11-4-12-20-28/h1-20H,21-24H2. The van der Waals surface area contributed by atoms with Crippen LogP contribution in [-0.2, 0) is 45.0 Å². The molecule has 0 fully saturated rings. The van der Waals surface area contributed by atoms with Crippen molar-refractivity contribution in [1.82, 2.24) is 0 Å². The second kappa shape index (κ2) is 10.1. The summed E-state index contributed by atoms with van der Waals surface area (Å²) in [5, 5.41) is 4.15. The molecule has 2 heterocycles. The van der Waals surface area contributed by atoms with Crippen LogP contribution in [0.1, 0.15) is 22.3 Å². The molecular formula is C34H28O4P2. The Balaban J connectivity index is 1.70. The van der Waals surface area contributed by atoms with Gasteiger partial charge >= 0.3 is 0 Å². The highest BCUT2D eigenvalue weighted by Crippen LogP contribution is 2.52. The Morgan fingerprint density at radius 1 is 0.375 bits per heavy atom. The number of benzene rings is 5. The highest BCUT2D eigenvalue weighted by Gasteiger charge is 2.46. The molecule has 0 spiro atoms.